The van der Waals surface area contributed by atoms with Crippen LogP contribution in [0.2, 0.25) is 0 Å². The van der Waals surface area contributed by atoms with E-state index in [0.717, 1.165) is 24.2 Å². The minimum atomic E-state index is -3.45. The Bertz CT molecular complexity index is 752. The van der Waals surface area contributed by atoms with Crippen LogP contribution in [0.15, 0.2) is 47.4 Å². The monoisotopic (exact) mass is 302 g/mol. The lowest BCUT2D eigenvalue weighted by atomic mass is 10.1. The summed E-state index contributed by atoms with van der Waals surface area (Å²) in [7, 11) is -3.45. The van der Waals surface area contributed by atoms with Gasteiger partial charge in [0.1, 0.15) is 0 Å². The Kier molecular flexibility index (Phi) is 3.80. The van der Waals surface area contributed by atoms with E-state index in [9.17, 15) is 8.42 Å². The molecule has 110 valence electrons. The van der Waals surface area contributed by atoms with Gasteiger partial charge < -0.3 is 5.32 Å². The number of hydrogen-bond donors (Lipinski definition) is 2. The van der Waals surface area contributed by atoms with Crippen molar-refractivity contribution in [2.75, 3.05) is 0 Å². The van der Waals surface area contributed by atoms with Gasteiger partial charge in [-0.05, 0) is 35.7 Å². The lowest BCUT2D eigenvalue weighted by Crippen LogP contribution is -2.23. The van der Waals surface area contributed by atoms with Crippen molar-refractivity contribution in [1.82, 2.24) is 10.0 Å². The zero-order valence-corrected chi connectivity index (χ0v) is 12.7. The predicted octanol–water partition coefficient (Wildman–Crippen LogP) is 2.08. The molecule has 0 saturated carbocycles. The fourth-order valence-corrected chi connectivity index (χ4v) is 3.45. The van der Waals surface area contributed by atoms with Crippen LogP contribution >= 0.6 is 0 Å². The van der Waals surface area contributed by atoms with Gasteiger partial charge in [0, 0.05) is 19.6 Å². The van der Waals surface area contributed by atoms with Crippen LogP contribution in [0.3, 0.4) is 0 Å². The summed E-state index contributed by atoms with van der Waals surface area (Å²) < 4.78 is 27.1. The number of benzene rings is 2. The highest BCUT2D eigenvalue weighted by Gasteiger charge is 2.14. The van der Waals surface area contributed by atoms with Crippen molar-refractivity contribution in [3.63, 3.8) is 0 Å². The van der Waals surface area contributed by atoms with Gasteiger partial charge in [-0.15, -0.1) is 0 Å². The predicted molar refractivity (Wildman–Crippen MR) is 82.2 cm³/mol. The van der Waals surface area contributed by atoms with Crippen LogP contribution in [-0.2, 0) is 29.7 Å². The Labute approximate surface area is 125 Å². The number of rotatable bonds is 4. The molecule has 0 amide bonds. The molecule has 0 aromatic heterocycles. The van der Waals surface area contributed by atoms with E-state index in [-0.39, 0.29) is 0 Å². The smallest absolute Gasteiger partial charge is 0.240 e. The highest BCUT2D eigenvalue weighted by Crippen LogP contribution is 2.17. The molecule has 1 heterocycles. The molecule has 4 nitrogen and oxygen atoms in total. The van der Waals surface area contributed by atoms with Crippen LogP contribution in [0.1, 0.15) is 22.3 Å². The molecule has 0 unspecified atom stereocenters. The number of sulfonamides is 1. The Morgan fingerprint density at radius 3 is 2.52 bits per heavy atom. The normalized spacial score (nSPS) is 14.1. The molecule has 21 heavy (non-hydrogen) atoms. The lowest BCUT2D eigenvalue weighted by molar-refractivity contribution is 0.581. The zero-order chi connectivity index (χ0) is 14.9. The highest BCUT2D eigenvalue weighted by atomic mass is 32.2. The maximum absolute atomic E-state index is 12.2. The summed E-state index contributed by atoms with van der Waals surface area (Å²) in [6.45, 7) is 3.99. The van der Waals surface area contributed by atoms with Crippen molar-refractivity contribution in [2.45, 2.75) is 31.5 Å². The Hall–Kier alpha value is -1.69. The Morgan fingerprint density at radius 2 is 1.76 bits per heavy atom. The van der Waals surface area contributed by atoms with E-state index < -0.39 is 10.0 Å². The molecular weight excluding hydrogens is 284 g/mol. The molecule has 2 N–H and O–H groups in total. The van der Waals surface area contributed by atoms with E-state index in [4.69, 9.17) is 0 Å². The molecule has 0 spiro atoms. The van der Waals surface area contributed by atoms with Gasteiger partial charge in [-0.1, -0.05) is 35.9 Å². The van der Waals surface area contributed by atoms with E-state index >= 15 is 0 Å². The first-order valence-corrected chi connectivity index (χ1v) is 8.41. The van der Waals surface area contributed by atoms with Crippen molar-refractivity contribution < 1.29 is 8.42 Å². The SMILES string of the molecule is Cc1ccc(S(=O)(=O)NCc2ccc3c(c2)CNC3)cc1. The summed E-state index contributed by atoms with van der Waals surface area (Å²) in [6, 6.07) is 13.0. The fourth-order valence-electron chi connectivity index (χ4n) is 2.44. The summed E-state index contributed by atoms with van der Waals surface area (Å²) >= 11 is 0. The van der Waals surface area contributed by atoms with E-state index in [2.05, 4.69) is 22.2 Å². The largest absolute Gasteiger partial charge is 0.309 e. The molecule has 0 aliphatic carbocycles. The average Bonchev–Trinajstić information content (AvgIpc) is 2.93. The Morgan fingerprint density at radius 1 is 1.05 bits per heavy atom. The second-order valence-corrected chi connectivity index (χ2v) is 7.11. The van der Waals surface area contributed by atoms with Crippen LogP contribution in [0.5, 0.6) is 0 Å². The van der Waals surface area contributed by atoms with Crippen LogP contribution in [0.4, 0.5) is 0 Å². The summed E-state index contributed by atoms with van der Waals surface area (Å²) in [5, 5.41) is 3.28. The van der Waals surface area contributed by atoms with E-state index in [1.54, 1.807) is 24.3 Å². The minimum Gasteiger partial charge on any atom is -0.309 e. The third-order valence-corrected chi connectivity index (χ3v) is 5.12. The summed E-state index contributed by atoms with van der Waals surface area (Å²) in [5.74, 6) is 0. The number of hydrogen-bond acceptors (Lipinski definition) is 3. The molecule has 1 aliphatic heterocycles. The molecule has 2 aromatic carbocycles. The number of fused-ring (bicyclic) bond motifs is 1. The standard InChI is InChI=1S/C16H18N2O2S/c1-12-2-6-16(7-3-12)21(19,20)18-9-13-4-5-14-10-17-11-15(14)8-13/h2-8,17-18H,9-11H2,1H3. The molecule has 5 heteroatoms. The molecule has 0 atom stereocenters. The van der Waals surface area contributed by atoms with E-state index in [1.807, 2.05) is 13.0 Å². The van der Waals surface area contributed by atoms with Gasteiger partial charge in [-0.3, -0.25) is 0 Å². The molecule has 0 saturated heterocycles. The molecule has 1 aliphatic rings. The summed E-state index contributed by atoms with van der Waals surface area (Å²) in [5.41, 5.74) is 4.57. The van der Waals surface area contributed by atoms with Crippen LogP contribution < -0.4 is 10.0 Å². The van der Waals surface area contributed by atoms with Crippen molar-refractivity contribution in [3.05, 3.63) is 64.7 Å². The third kappa shape index (κ3) is 3.15. The van der Waals surface area contributed by atoms with Crippen LogP contribution in [0.25, 0.3) is 0 Å². The highest BCUT2D eigenvalue weighted by molar-refractivity contribution is 7.89. The first kappa shape index (κ1) is 14.3. The number of aryl methyl sites for hydroxylation is 1. The van der Waals surface area contributed by atoms with E-state index in [1.165, 1.54) is 11.1 Å². The van der Waals surface area contributed by atoms with Crippen LogP contribution in [0, 0.1) is 6.92 Å². The van der Waals surface area contributed by atoms with Gasteiger partial charge in [-0.25, -0.2) is 13.1 Å². The topological polar surface area (TPSA) is 58.2 Å². The van der Waals surface area contributed by atoms with Gasteiger partial charge in [0.25, 0.3) is 0 Å². The van der Waals surface area contributed by atoms with Gasteiger partial charge in [0.05, 0.1) is 4.90 Å². The molecule has 0 fully saturated rings. The van der Waals surface area contributed by atoms with Crippen molar-refractivity contribution in [3.8, 4) is 0 Å². The zero-order valence-electron chi connectivity index (χ0n) is 11.9. The van der Waals surface area contributed by atoms with Crippen molar-refractivity contribution in [2.24, 2.45) is 0 Å². The molecule has 2 aromatic rings. The summed E-state index contributed by atoms with van der Waals surface area (Å²) in [4.78, 5) is 0.302. The average molecular weight is 302 g/mol. The minimum absolute atomic E-state index is 0.302. The van der Waals surface area contributed by atoms with Gasteiger partial charge in [-0.2, -0.15) is 0 Å². The molecule has 0 radical (unpaired) electrons. The summed E-state index contributed by atoms with van der Waals surface area (Å²) in [6.07, 6.45) is 0. The fraction of sp³-hybridized carbons (Fsp3) is 0.250. The van der Waals surface area contributed by atoms with E-state index in [0.29, 0.717) is 11.4 Å². The maximum Gasteiger partial charge on any atom is 0.240 e. The first-order chi connectivity index (χ1) is 10.0. The van der Waals surface area contributed by atoms with Crippen molar-refractivity contribution in [1.29, 1.82) is 0 Å². The lowest BCUT2D eigenvalue weighted by Gasteiger charge is -2.08. The van der Waals surface area contributed by atoms with Gasteiger partial charge in [0.2, 0.25) is 10.0 Å². The van der Waals surface area contributed by atoms with Crippen LogP contribution in [-0.4, -0.2) is 8.42 Å². The van der Waals surface area contributed by atoms with Gasteiger partial charge in [0.15, 0.2) is 0 Å². The second-order valence-electron chi connectivity index (χ2n) is 5.34. The third-order valence-electron chi connectivity index (χ3n) is 3.70. The molecule has 0 bridgehead atoms. The van der Waals surface area contributed by atoms with Gasteiger partial charge >= 0.3 is 0 Å². The quantitative estimate of drug-likeness (QED) is 0.909. The maximum atomic E-state index is 12.2. The molecule has 3 rings (SSSR count). The number of nitrogens with one attached hydrogen (secondary N) is 2. The Balaban J connectivity index is 1.73. The molecular formula is C16H18N2O2S. The first-order valence-electron chi connectivity index (χ1n) is 6.92. The second kappa shape index (κ2) is 5.60. The van der Waals surface area contributed by atoms with Crippen molar-refractivity contribution >= 4 is 10.0 Å².